The van der Waals surface area contributed by atoms with Gasteiger partial charge in [0, 0.05) is 0 Å². The molecule has 184 valence electrons. The van der Waals surface area contributed by atoms with Crippen molar-refractivity contribution in [3.8, 4) is 11.5 Å². The number of aryl methyl sites for hydroxylation is 2. The van der Waals surface area contributed by atoms with Crippen LogP contribution in [0.5, 0.6) is 11.5 Å². The van der Waals surface area contributed by atoms with Gasteiger partial charge in [-0.15, -0.1) is 0 Å². The Balaban J connectivity index is 1.60. The fourth-order valence-electron chi connectivity index (χ4n) is 4.02. The number of fused-ring (bicyclic) bond motifs is 1. The third-order valence-electron chi connectivity index (χ3n) is 5.98. The minimum absolute atomic E-state index is 0.140. The molecule has 1 atom stereocenters. The van der Waals surface area contributed by atoms with E-state index in [1.807, 2.05) is 51.1 Å². The molecule has 0 radical (unpaired) electrons. The van der Waals surface area contributed by atoms with Crippen LogP contribution in [-0.4, -0.2) is 34.1 Å². The van der Waals surface area contributed by atoms with Crippen LogP contribution in [0.3, 0.4) is 0 Å². The monoisotopic (exact) mass is 494 g/mol. The van der Waals surface area contributed by atoms with E-state index in [9.17, 15) is 13.2 Å². The summed E-state index contributed by atoms with van der Waals surface area (Å²) in [5.41, 5.74) is 3.13. The normalized spacial score (nSPS) is 13.7. The van der Waals surface area contributed by atoms with Crippen molar-refractivity contribution in [1.82, 2.24) is 5.32 Å². The van der Waals surface area contributed by atoms with Gasteiger partial charge in [-0.05, 0) is 61.7 Å². The molecule has 7 nitrogen and oxygen atoms in total. The summed E-state index contributed by atoms with van der Waals surface area (Å²) in [7, 11) is -3.98. The van der Waals surface area contributed by atoms with E-state index >= 15 is 0 Å². The molecule has 0 aliphatic carbocycles. The Labute approximate surface area is 206 Å². The Morgan fingerprint density at radius 3 is 2.40 bits per heavy atom. The fraction of sp³-hybridized carbons (Fsp3) is 0.296. The van der Waals surface area contributed by atoms with Crippen LogP contribution in [0.4, 0.5) is 5.69 Å². The van der Waals surface area contributed by atoms with E-state index in [4.69, 9.17) is 9.47 Å². The summed E-state index contributed by atoms with van der Waals surface area (Å²) in [4.78, 5) is 13.3. The second-order valence-electron chi connectivity index (χ2n) is 8.50. The maximum atomic E-state index is 13.7. The number of carbonyl (C=O) groups is 1. The van der Waals surface area contributed by atoms with Crippen LogP contribution in [0.2, 0.25) is 0 Å². The lowest BCUT2D eigenvalue weighted by molar-refractivity contribution is -0.120. The molecular formula is C27H30N2O5S. The van der Waals surface area contributed by atoms with Crippen molar-refractivity contribution < 1.29 is 22.7 Å². The molecule has 0 aromatic heterocycles. The van der Waals surface area contributed by atoms with Gasteiger partial charge in [0.05, 0.1) is 16.6 Å². The maximum absolute atomic E-state index is 13.7. The van der Waals surface area contributed by atoms with E-state index in [-0.39, 0.29) is 17.5 Å². The predicted molar refractivity (Wildman–Crippen MR) is 136 cm³/mol. The third-order valence-corrected chi connectivity index (χ3v) is 7.76. The van der Waals surface area contributed by atoms with Crippen molar-refractivity contribution in [2.45, 2.75) is 38.1 Å². The number of ether oxygens (including phenoxy) is 2. The van der Waals surface area contributed by atoms with Crippen molar-refractivity contribution in [3.05, 3.63) is 83.4 Å². The first-order chi connectivity index (χ1) is 16.8. The zero-order chi connectivity index (χ0) is 25.0. The summed E-state index contributed by atoms with van der Waals surface area (Å²) in [6.45, 7) is 6.33. The Morgan fingerprint density at radius 1 is 1.00 bits per heavy atom. The molecule has 0 saturated carbocycles. The molecule has 1 aliphatic heterocycles. The number of amides is 1. The van der Waals surface area contributed by atoms with Gasteiger partial charge in [0.25, 0.3) is 10.0 Å². The summed E-state index contributed by atoms with van der Waals surface area (Å²) < 4.78 is 39.8. The highest BCUT2D eigenvalue weighted by atomic mass is 32.2. The van der Waals surface area contributed by atoms with Crippen molar-refractivity contribution >= 4 is 21.6 Å². The van der Waals surface area contributed by atoms with Crippen LogP contribution in [0.1, 0.15) is 36.6 Å². The van der Waals surface area contributed by atoms with E-state index < -0.39 is 15.9 Å². The van der Waals surface area contributed by atoms with Gasteiger partial charge < -0.3 is 14.8 Å². The molecule has 0 bridgehead atoms. The van der Waals surface area contributed by atoms with Crippen LogP contribution in [0, 0.1) is 6.92 Å². The third kappa shape index (κ3) is 5.43. The van der Waals surface area contributed by atoms with Gasteiger partial charge in [-0.2, -0.15) is 0 Å². The van der Waals surface area contributed by atoms with Crippen LogP contribution >= 0.6 is 0 Å². The molecule has 1 amide bonds. The van der Waals surface area contributed by atoms with Crippen molar-refractivity contribution in [2.75, 3.05) is 24.1 Å². The summed E-state index contributed by atoms with van der Waals surface area (Å²) in [5, 5.41) is 2.93. The topological polar surface area (TPSA) is 84.9 Å². The average molecular weight is 495 g/mol. The fourth-order valence-corrected chi connectivity index (χ4v) is 5.48. The number of benzene rings is 3. The van der Waals surface area contributed by atoms with E-state index in [2.05, 4.69) is 5.32 Å². The Hall–Kier alpha value is -3.52. The molecule has 0 saturated heterocycles. The Morgan fingerprint density at radius 2 is 1.69 bits per heavy atom. The first kappa shape index (κ1) is 24.6. The number of rotatable bonds is 8. The quantitative estimate of drug-likeness (QED) is 0.502. The number of nitrogens with zero attached hydrogens (tertiary/aromatic N) is 1. The number of carbonyl (C=O) groups excluding carboxylic acids is 1. The maximum Gasteiger partial charge on any atom is 0.264 e. The number of hydrogen-bond acceptors (Lipinski definition) is 5. The standard InChI is InChI=1S/C27H30N2O5S/c1-4-21-7-5-6-8-24(21)29(35(31,32)23-12-9-19(2)10-13-23)18-27(30)28-20(3)22-11-14-25-26(17-22)34-16-15-33-25/h5-14,17,20H,4,15-16,18H2,1-3H3,(H,28,30)/t20-/m0/s1. The molecule has 3 aromatic carbocycles. The molecule has 4 rings (SSSR count). The van der Waals surface area contributed by atoms with Gasteiger partial charge in [0.1, 0.15) is 19.8 Å². The summed E-state index contributed by atoms with van der Waals surface area (Å²) in [6, 6.07) is 19.1. The second-order valence-corrected chi connectivity index (χ2v) is 10.4. The van der Waals surface area contributed by atoms with Crippen LogP contribution in [0.25, 0.3) is 0 Å². The number of nitrogens with one attached hydrogen (secondary N) is 1. The molecule has 35 heavy (non-hydrogen) atoms. The van der Waals surface area contributed by atoms with Gasteiger partial charge in [-0.3, -0.25) is 9.10 Å². The second kappa shape index (κ2) is 10.4. The molecule has 1 aliphatic rings. The van der Waals surface area contributed by atoms with Crippen molar-refractivity contribution in [3.63, 3.8) is 0 Å². The molecule has 0 spiro atoms. The molecule has 1 N–H and O–H groups in total. The minimum Gasteiger partial charge on any atom is -0.486 e. The molecular weight excluding hydrogens is 464 g/mol. The van der Waals surface area contributed by atoms with Gasteiger partial charge in [-0.25, -0.2) is 8.42 Å². The van der Waals surface area contributed by atoms with E-state index in [0.29, 0.717) is 36.8 Å². The lowest BCUT2D eigenvalue weighted by atomic mass is 10.1. The highest BCUT2D eigenvalue weighted by molar-refractivity contribution is 7.92. The minimum atomic E-state index is -3.98. The average Bonchev–Trinajstić information content (AvgIpc) is 2.87. The highest BCUT2D eigenvalue weighted by Gasteiger charge is 2.29. The van der Waals surface area contributed by atoms with E-state index in [1.54, 1.807) is 36.4 Å². The van der Waals surface area contributed by atoms with Gasteiger partial charge in [0.15, 0.2) is 11.5 Å². The Kier molecular flexibility index (Phi) is 7.31. The van der Waals surface area contributed by atoms with Crippen LogP contribution in [-0.2, 0) is 21.2 Å². The Bertz CT molecular complexity index is 1310. The SMILES string of the molecule is CCc1ccccc1N(CC(=O)N[C@@H](C)c1ccc2c(c1)OCCO2)S(=O)(=O)c1ccc(C)cc1. The summed E-state index contributed by atoms with van der Waals surface area (Å²) in [5.74, 6) is 0.898. The summed E-state index contributed by atoms with van der Waals surface area (Å²) >= 11 is 0. The molecule has 0 fully saturated rings. The van der Waals surface area contributed by atoms with E-state index in [0.717, 1.165) is 16.7 Å². The molecule has 8 heteroatoms. The van der Waals surface area contributed by atoms with Gasteiger partial charge >= 0.3 is 0 Å². The van der Waals surface area contributed by atoms with Gasteiger partial charge in [0.2, 0.25) is 5.91 Å². The lowest BCUT2D eigenvalue weighted by Gasteiger charge is -2.27. The lowest BCUT2D eigenvalue weighted by Crippen LogP contribution is -2.42. The van der Waals surface area contributed by atoms with Crippen LogP contribution in [0.15, 0.2) is 71.6 Å². The largest absolute Gasteiger partial charge is 0.486 e. The number of anilines is 1. The van der Waals surface area contributed by atoms with Gasteiger partial charge in [-0.1, -0.05) is 48.9 Å². The number of hydrogen-bond donors (Lipinski definition) is 1. The zero-order valence-electron chi connectivity index (χ0n) is 20.2. The van der Waals surface area contributed by atoms with Crippen LogP contribution < -0.4 is 19.1 Å². The molecule has 3 aromatic rings. The first-order valence-corrected chi connectivity index (χ1v) is 13.1. The van der Waals surface area contributed by atoms with E-state index in [1.165, 1.54) is 4.31 Å². The highest BCUT2D eigenvalue weighted by Crippen LogP contribution is 2.33. The van der Waals surface area contributed by atoms with Crippen molar-refractivity contribution in [1.29, 1.82) is 0 Å². The predicted octanol–water partition coefficient (Wildman–Crippen LogP) is 4.40. The van der Waals surface area contributed by atoms with Crippen molar-refractivity contribution in [2.24, 2.45) is 0 Å². The number of sulfonamides is 1. The first-order valence-electron chi connectivity index (χ1n) is 11.7. The molecule has 0 unspecified atom stereocenters. The zero-order valence-corrected chi connectivity index (χ0v) is 21.0. The molecule has 1 heterocycles. The smallest absolute Gasteiger partial charge is 0.264 e. The summed E-state index contributed by atoms with van der Waals surface area (Å²) in [6.07, 6.45) is 0.630. The number of para-hydroxylation sites is 1.